The van der Waals surface area contributed by atoms with E-state index in [0.717, 1.165) is 23.9 Å². The van der Waals surface area contributed by atoms with Crippen molar-refractivity contribution in [3.63, 3.8) is 0 Å². The summed E-state index contributed by atoms with van der Waals surface area (Å²) < 4.78 is 2.21. The van der Waals surface area contributed by atoms with E-state index in [-0.39, 0.29) is 33.9 Å². The van der Waals surface area contributed by atoms with Crippen molar-refractivity contribution in [2.75, 3.05) is 31.1 Å². The van der Waals surface area contributed by atoms with Crippen LogP contribution in [0, 0.1) is 6.92 Å². The Kier molecular flexibility index (Phi) is 7.19. The van der Waals surface area contributed by atoms with Crippen LogP contribution in [-0.2, 0) is 13.0 Å². The van der Waals surface area contributed by atoms with Crippen molar-refractivity contribution in [1.82, 2.24) is 30.1 Å². The molecule has 2 aromatic heterocycles. The van der Waals surface area contributed by atoms with Gasteiger partial charge < -0.3 is 31.6 Å². The number of fused-ring (bicyclic) bond motifs is 1. The van der Waals surface area contributed by atoms with Gasteiger partial charge in [-0.25, -0.2) is 9.97 Å². The number of anilines is 2. The lowest BCUT2D eigenvalue weighted by molar-refractivity contribution is 0.0671. The zero-order chi connectivity index (χ0) is 29.4. The Balaban J connectivity index is 1.10. The van der Waals surface area contributed by atoms with E-state index in [0.29, 0.717) is 44.0 Å². The molecule has 0 saturated carbocycles. The fraction of sp³-hybridized carbons (Fsp3) is 0.300. The molecule has 216 valence electrons. The van der Waals surface area contributed by atoms with Crippen LogP contribution in [0.4, 0.5) is 11.6 Å². The van der Waals surface area contributed by atoms with Crippen LogP contribution in [0.2, 0.25) is 5.15 Å². The van der Waals surface area contributed by atoms with Gasteiger partial charge in [0.15, 0.2) is 28.4 Å². The molecule has 4 heterocycles. The highest BCUT2D eigenvalue weighted by Gasteiger charge is 2.41. The van der Waals surface area contributed by atoms with E-state index in [1.54, 1.807) is 0 Å². The Morgan fingerprint density at radius 2 is 1.81 bits per heavy atom. The molecule has 0 unspecified atom stereocenters. The summed E-state index contributed by atoms with van der Waals surface area (Å²) in [6, 6.07) is 16.6. The predicted molar refractivity (Wildman–Crippen MR) is 163 cm³/mol. The van der Waals surface area contributed by atoms with E-state index in [9.17, 15) is 9.59 Å². The Bertz CT molecular complexity index is 1710. The number of likely N-dealkylation sites (tertiary alicyclic amines) is 1. The number of aromatic nitrogens is 3. The average Bonchev–Trinajstić information content (AvgIpc) is 3.58. The lowest BCUT2D eigenvalue weighted by Gasteiger charge is -2.38. The fourth-order valence-corrected chi connectivity index (χ4v) is 5.76. The number of piperidine rings is 1. The van der Waals surface area contributed by atoms with Crippen molar-refractivity contribution in [2.24, 2.45) is 4.99 Å². The number of aryl methyl sites for hydroxylation is 3. The SMILES string of the molecule is Cc1ccc(CCn2ccc3c(C(=O)N4CCC5(CC4)CN/C(=N\C(=O)c4nc(Cl)c(N)nc4N)N5)cccc32)cc1. The molecule has 2 aromatic carbocycles. The van der Waals surface area contributed by atoms with Gasteiger partial charge in [0.05, 0.1) is 5.54 Å². The highest BCUT2D eigenvalue weighted by Crippen LogP contribution is 2.28. The number of hydrogen-bond acceptors (Lipinski definition) is 6. The first-order valence-corrected chi connectivity index (χ1v) is 14.3. The number of nitrogens with zero attached hydrogens (tertiary/aromatic N) is 5. The molecule has 2 aliphatic rings. The number of benzene rings is 2. The van der Waals surface area contributed by atoms with Gasteiger partial charge in [0.1, 0.15) is 0 Å². The van der Waals surface area contributed by atoms with Crippen LogP contribution < -0.4 is 22.1 Å². The second-order valence-electron chi connectivity index (χ2n) is 10.9. The standard InChI is InChI=1S/C30H32ClN9O2/c1-18-5-7-19(8-6-18)9-13-39-14-10-20-21(3-2-4-22(20)39)28(42)40-15-11-30(12-16-40)17-34-29(38-30)37-27(41)23-25(32)36-26(33)24(31)35-23/h2-8,10,14H,9,11-13,15-17H2,1H3,(H4,32,33,36)(H2,34,37,38,41). The number of hydrogen-bond donors (Lipinski definition) is 4. The van der Waals surface area contributed by atoms with Gasteiger partial charge in [0, 0.05) is 48.8 Å². The van der Waals surface area contributed by atoms with E-state index in [2.05, 4.69) is 73.6 Å². The normalized spacial score (nSPS) is 17.0. The van der Waals surface area contributed by atoms with Gasteiger partial charge in [-0.05, 0) is 49.9 Å². The zero-order valence-electron chi connectivity index (χ0n) is 23.2. The predicted octanol–water partition coefficient (Wildman–Crippen LogP) is 3.16. The lowest BCUT2D eigenvalue weighted by Crippen LogP contribution is -2.53. The topological polar surface area (TPSA) is 157 Å². The van der Waals surface area contributed by atoms with Crippen LogP contribution in [0.3, 0.4) is 0 Å². The van der Waals surface area contributed by atoms with Crippen LogP contribution in [0.5, 0.6) is 0 Å². The lowest BCUT2D eigenvalue weighted by atomic mass is 9.88. The largest absolute Gasteiger partial charge is 0.382 e. The van der Waals surface area contributed by atoms with Crippen molar-refractivity contribution in [3.05, 3.63) is 82.3 Å². The van der Waals surface area contributed by atoms with E-state index in [1.807, 2.05) is 23.1 Å². The number of amides is 2. The molecule has 0 aliphatic carbocycles. The van der Waals surface area contributed by atoms with Crippen LogP contribution in [0.1, 0.15) is 44.8 Å². The summed E-state index contributed by atoms with van der Waals surface area (Å²) in [6.07, 6.45) is 4.38. The number of carbonyl (C=O) groups is 2. The van der Waals surface area contributed by atoms with Gasteiger partial charge in [0.2, 0.25) is 0 Å². The summed E-state index contributed by atoms with van der Waals surface area (Å²) in [7, 11) is 0. The van der Waals surface area contributed by atoms with E-state index in [4.69, 9.17) is 23.1 Å². The molecule has 2 amide bonds. The summed E-state index contributed by atoms with van der Waals surface area (Å²) in [5, 5.41) is 7.36. The van der Waals surface area contributed by atoms with Crippen molar-refractivity contribution in [2.45, 2.75) is 38.3 Å². The van der Waals surface area contributed by atoms with Crippen molar-refractivity contribution in [3.8, 4) is 0 Å². The molecule has 6 rings (SSSR count). The van der Waals surface area contributed by atoms with E-state index >= 15 is 0 Å². The molecule has 2 fully saturated rings. The molecule has 12 heteroatoms. The minimum absolute atomic E-state index is 0.0241. The fourth-order valence-electron chi connectivity index (χ4n) is 5.63. The number of guanidine groups is 1. The molecule has 42 heavy (non-hydrogen) atoms. The van der Waals surface area contributed by atoms with Crippen LogP contribution >= 0.6 is 11.6 Å². The first-order chi connectivity index (χ1) is 20.2. The van der Waals surface area contributed by atoms with Gasteiger partial charge >= 0.3 is 5.91 Å². The summed E-state index contributed by atoms with van der Waals surface area (Å²) in [5.41, 5.74) is 15.2. The van der Waals surface area contributed by atoms with Crippen LogP contribution in [0.15, 0.2) is 59.7 Å². The third kappa shape index (κ3) is 5.35. The summed E-state index contributed by atoms with van der Waals surface area (Å²) >= 11 is 5.90. The van der Waals surface area contributed by atoms with Crippen LogP contribution in [0.25, 0.3) is 10.9 Å². The van der Waals surface area contributed by atoms with Gasteiger partial charge in [-0.15, -0.1) is 0 Å². The second-order valence-corrected chi connectivity index (χ2v) is 11.3. The van der Waals surface area contributed by atoms with Crippen molar-refractivity contribution < 1.29 is 9.59 Å². The van der Waals surface area contributed by atoms with Crippen LogP contribution in [-0.4, -0.2) is 62.4 Å². The van der Waals surface area contributed by atoms with Gasteiger partial charge in [-0.3, -0.25) is 9.59 Å². The molecular weight excluding hydrogens is 554 g/mol. The first-order valence-electron chi connectivity index (χ1n) is 13.9. The summed E-state index contributed by atoms with van der Waals surface area (Å²) in [4.78, 5) is 40.1. The number of aliphatic imine (C=N–C) groups is 1. The number of carbonyl (C=O) groups excluding carboxylic acids is 2. The number of halogens is 1. The average molecular weight is 586 g/mol. The Labute approximate surface area is 248 Å². The number of nitrogens with two attached hydrogens (primary N) is 2. The molecule has 0 atom stereocenters. The maximum absolute atomic E-state index is 13.7. The minimum Gasteiger partial charge on any atom is -0.382 e. The van der Waals surface area contributed by atoms with Crippen molar-refractivity contribution in [1.29, 1.82) is 0 Å². The molecule has 0 bridgehead atoms. The second kappa shape index (κ2) is 11.0. The molecule has 2 saturated heterocycles. The monoisotopic (exact) mass is 585 g/mol. The third-order valence-corrected chi connectivity index (χ3v) is 8.39. The summed E-state index contributed by atoms with van der Waals surface area (Å²) in [6.45, 7) is 4.65. The Morgan fingerprint density at radius 3 is 2.57 bits per heavy atom. The molecule has 2 aliphatic heterocycles. The maximum atomic E-state index is 13.7. The molecule has 4 aromatic rings. The highest BCUT2D eigenvalue weighted by atomic mass is 35.5. The molecule has 11 nitrogen and oxygen atoms in total. The zero-order valence-corrected chi connectivity index (χ0v) is 24.0. The molecule has 1 spiro atoms. The maximum Gasteiger partial charge on any atom is 0.302 e. The molecule has 6 N–H and O–H groups in total. The summed E-state index contributed by atoms with van der Waals surface area (Å²) in [5.74, 6) is -0.521. The van der Waals surface area contributed by atoms with Gasteiger partial charge in [-0.1, -0.05) is 47.5 Å². The number of rotatable bonds is 5. The highest BCUT2D eigenvalue weighted by molar-refractivity contribution is 6.31. The van der Waals surface area contributed by atoms with Gasteiger partial charge in [-0.2, -0.15) is 4.99 Å². The number of nitrogen functional groups attached to an aromatic ring is 2. The Hall–Kier alpha value is -4.64. The molecule has 0 radical (unpaired) electrons. The van der Waals surface area contributed by atoms with Crippen molar-refractivity contribution >= 4 is 51.9 Å². The van der Waals surface area contributed by atoms with E-state index in [1.165, 1.54) is 11.1 Å². The first kappa shape index (κ1) is 27.5. The quantitative estimate of drug-likeness (QED) is 0.278. The minimum atomic E-state index is -0.680. The Morgan fingerprint density at radius 1 is 1.05 bits per heavy atom. The third-order valence-electron chi connectivity index (χ3n) is 8.11. The van der Waals surface area contributed by atoms with Gasteiger partial charge in [0.25, 0.3) is 5.91 Å². The van der Waals surface area contributed by atoms with E-state index < -0.39 is 5.91 Å². The molecular formula is C30H32ClN9O2. The smallest absolute Gasteiger partial charge is 0.302 e. The number of nitrogens with one attached hydrogen (secondary N) is 2.